The fourth-order valence-corrected chi connectivity index (χ4v) is 2.72. The zero-order valence-corrected chi connectivity index (χ0v) is 13.1. The normalized spacial score (nSPS) is 12.8. The van der Waals surface area contributed by atoms with Crippen molar-refractivity contribution in [2.45, 2.75) is 40.3 Å². The fourth-order valence-electron chi connectivity index (χ4n) is 2.72. The van der Waals surface area contributed by atoms with Gasteiger partial charge in [-0.3, -0.25) is 0 Å². The topological polar surface area (TPSA) is 17.0 Å². The lowest BCUT2D eigenvalue weighted by molar-refractivity contribution is 0.421. The summed E-state index contributed by atoms with van der Waals surface area (Å²) in [5, 5.41) is 3.57. The predicted molar refractivity (Wildman–Crippen MR) is 86.0 cm³/mol. The van der Waals surface area contributed by atoms with E-state index in [0.717, 1.165) is 13.1 Å². The van der Waals surface area contributed by atoms with Gasteiger partial charge in [0.1, 0.15) is 0 Å². The minimum Gasteiger partial charge on any atom is -0.350 e. The van der Waals surface area contributed by atoms with E-state index in [2.05, 4.69) is 80.3 Å². The van der Waals surface area contributed by atoms with Crippen LogP contribution in [-0.4, -0.2) is 11.1 Å². The van der Waals surface area contributed by atoms with E-state index in [9.17, 15) is 0 Å². The van der Waals surface area contributed by atoms with Gasteiger partial charge >= 0.3 is 0 Å². The summed E-state index contributed by atoms with van der Waals surface area (Å²) >= 11 is 0. The Morgan fingerprint density at radius 1 is 1.20 bits per heavy atom. The van der Waals surface area contributed by atoms with Crippen LogP contribution in [0.3, 0.4) is 0 Å². The molecule has 1 unspecified atom stereocenters. The predicted octanol–water partition coefficient (Wildman–Crippen LogP) is 4.15. The molecule has 2 rings (SSSR count). The molecule has 0 spiro atoms. The lowest BCUT2D eigenvalue weighted by atomic mass is 9.98. The van der Waals surface area contributed by atoms with Crippen molar-refractivity contribution in [2.24, 2.45) is 5.92 Å². The average Bonchev–Trinajstić information content (AvgIpc) is 2.83. The molecule has 0 saturated carbocycles. The largest absolute Gasteiger partial charge is 0.350 e. The maximum atomic E-state index is 3.57. The van der Waals surface area contributed by atoms with Gasteiger partial charge < -0.3 is 9.88 Å². The van der Waals surface area contributed by atoms with Gasteiger partial charge in [0.15, 0.2) is 0 Å². The number of aryl methyl sites for hydroxylation is 1. The van der Waals surface area contributed by atoms with Crippen molar-refractivity contribution in [3.8, 4) is 0 Å². The minimum atomic E-state index is 0.443. The first-order chi connectivity index (χ1) is 9.60. The first kappa shape index (κ1) is 14.9. The van der Waals surface area contributed by atoms with E-state index >= 15 is 0 Å². The van der Waals surface area contributed by atoms with Crippen molar-refractivity contribution in [1.82, 2.24) is 9.88 Å². The third kappa shape index (κ3) is 3.73. The second-order valence-electron chi connectivity index (χ2n) is 5.89. The average molecular weight is 270 g/mol. The summed E-state index contributed by atoms with van der Waals surface area (Å²) in [5.74, 6) is 0.602. The molecule has 1 N–H and O–H groups in total. The Balaban J connectivity index is 2.12. The summed E-state index contributed by atoms with van der Waals surface area (Å²) in [6.45, 7) is 10.8. The second kappa shape index (κ2) is 6.76. The van der Waals surface area contributed by atoms with Gasteiger partial charge in [0, 0.05) is 25.0 Å². The number of hydrogen-bond acceptors (Lipinski definition) is 1. The third-order valence-corrected chi connectivity index (χ3v) is 3.67. The van der Waals surface area contributed by atoms with E-state index in [0.29, 0.717) is 12.0 Å². The molecule has 0 fully saturated rings. The Labute approximate surface area is 122 Å². The lowest BCUT2D eigenvalue weighted by Gasteiger charge is -2.20. The van der Waals surface area contributed by atoms with Gasteiger partial charge in [0.05, 0.1) is 0 Å². The highest BCUT2D eigenvalue weighted by molar-refractivity contribution is 5.24. The highest BCUT2D eigenvalue weighted by Gasteiger charge is 2.15. The van der Waals surface area contributed by atoms with Crippen LogP contribution in [-0.2, 0) is 6.54 Å². The molecule has 0 aliphatic heterocycles. The van der Waals surface area contributed by atoms with E-state index < -0.39 is 0 Å². The molecular formula is C18H26N2. The molecule has 2 aromatic rings. The first-order valence-corrected chi connectivity index (χ1v) is 7.54. The number of aromatic nitrogens is 1. The van der Waals surface area contributed by atoms with Gasteiger partial charge in [0.25, 0.3) is 0 Å². The van der Waals surface area contributed by atoms with Gasteiger partial charge in [0.2, 0.25) is 0 Å². The summed E-state index contributed by atoms with van der Waals surface area (Å²) in [6.07, 6.45) is 4.46. The molecule has 0 bridgehead atoms. The summed E-state index contributed by atoms with van der Waals surface area (Å²) < 4.78 is 2.27. The molecule has 2 heteroatoms. The zero-order valence-electron chi connectivity index (χ0n) is 13.1. The van der Waals surface area contributed by atoms with Gasteiger partial charge in [-0.25, -0.2) is 0 Å². The van der Waals surface area contributed by atoms with Gasteiger partial charge in [-0.1, -0.05) is 50.6 Å². The molecule has 0 aliphatic rings. The molecule has 108 valence electrons. The van der Waals surface area contributed by atoms with Crippen molar-refractivity contribution in [1.29, 1.82) is 0 Å². The van der Waals surface area contributed by atoms with Crippen LogP contribution in [0.5, 0.6) is 0 Å². The molecule has 0 radical (unpaired) electrons. The third-order valence-electron chi connectivity index (χ3n) is 3.67. The minimum absolute atomic E-state index is 0.443. The van der Waals surface area contributed by atoms with Crippen molar-refractivity contribution >= 4 is 0 Å². The van der Waals surface area contributed by atoms with E-state index in [-0.39, 0.29) is 0 Å². The number of nitrogens with zero attached hydrogens (tertiary/aromatic N) is 1. The molecule has 0 saturated heterocycles. The van der Waals surface area contributed by atoms with Crippen LogP contribution < -0.4 is 5.32 Å². The summed E-state index contributed by atoms with van der Waals surface area (Å²) in [4.78, 5) is 0. The number of rotatable bonds is 6. The quantitative estimate of drug-likeness (QED) is 0.834. The summed E-state index contributed by atoms with van der Waals surface area (Å²) in [7, 11) is 0. The zero-order chi connectivity index (χ0) is 14.5. The van der Waals surface area contributed by atoms with Crippen LogP contribution in [0.2, 0.25) is 0 Å². The van der Waals surface area contributed by atoms with Gasteiger partial charge in [-0.15, -0.1) is 0 Å². The van der Waals surface area contributed by atoms with Crippen LogP contribution in [0.15, 0.2) is 42.7 Å². The maximum Gasteiger partial charge on any atom is 0.0470 e. The highest BCUT2D eigenvalue weighted by atomic mass is 15.0. The molecule has 1 heterocycles. The van der Waals surface area contributed by atoms with Gasteiger partial charge in [-0.2, -0.15) is 0 Å². The smallest absolute Gasteiger partial charge is 0.0470 e. The Morgan fingerprint density at radius 3 is 2.65 bits per heavy atom. The fraction of sp³-hybridized carbons (Fsp3) is 0.444. The van der Waals surface area contributed by atoms with E-state index in [4.69, 9.17) is 0 Å². The molecule has 2 nitrogen and oxygen atoms in total. The number of hydrogen-bond donors (Lipinski definition) is 1. The highest BCUT2D eigenvalue weighted by Crippen LogP contribution is 2.22. The van der Waals surface area contributed by atoms with Gasteiger partial charge in [-0.05, 0) is 36.6 Å². The monoisotopic (exact) mass is 270 g/mol. The Hall–Kier alpha value is -1.54. The van der Waals surface area contributed by atoms with Crippen LogP contribution in [0, 0.1) is 12.8 Å². The molecule has 0 amide bonds. The van der Waals surface area contributed by atoms with Crippen LogP contribution >= 0.6 is 0 Å². The van der Waals surface area contributed by atoms with E-state index in [1.54, 1.807) is 0 Å². The molecule has 1 aromatic carbocycles. The number of nitrogens with one attached hydrogen (secondary N) is 1. The molecule has 20 heavy (non-hydrogen) atoms. The van der Waals surface area contributed by atoms with Crippen molar-refractivity contribution in [3.05, 3.63) is 59.4 Å². The number of benzene rings is 1. The van der Waals surface area contributed by atoms with E-state index in [1.807, 2.05) is 0 Å². The van der Waals surface area contributed by atoms with E-state index in [1.165, 1.54) is 16.7 Å². The van der Waals surface area contributed by atoms with Crippen molar-refractivity contribution in [3.63, 3.8) is 0 Å². The summed E-state index contributed by atoms with van der Waals surface area (Å²) in [6, 6.07) is 11.4. The molecular weight excluding hydrogens is 244 g/mol. The molecule has 1 aromatic heterocycles. The Morgan fingerprint density at radius 2 is 2.00 bits per heavy atom. The first-order valence-electron chi connectivity index (χ1n) is 7.54. The standard InChI is InChI=1S/C18H26N2/c1-5-19-18(14(2)3)17-9-10-20(13-17)12-16-8-6-7-15(4)11-16/h6-11,13-14,18-19H,5,12H2,1-4H3. The molecule has 0 aliphatic carbocycles. The second-order valence-corrected chi connectivity index (χ2v) is 5.89. The Kier molecular flexibility index (Phi) is 5.02. The summed E-state index contributed by atoms with van der Waals surface area (Å²) in [5.41, 5.74) is 4.06. The van der Waals surface area contributed by atoms with Crippen LogP contribution in [0.25, 0.3) is 0 Å². The maximum absolute atomic E-state index is 3.57. The van der Waals surface area contributed by atoms with Crippen molar-refractivity contribution in [2.75, 3.05) is 6.54 Å². The van der Waals surface area contributed by atoms with Crippen LogP contribution in [0.1, 0.15) is 43.5 Å². The lowest BCUT2D eigenvalue weighted by Crippen LogP contribution is -2.25. The van der Waals surface area contributed by atoms with Crippen LogP contribution in [0.4, 0.5) is 0 Å². The SMILES string of the molecule is CCNC(c1ccn(Cc2cccc(C)c2)c1)C(C)C. The Bertz CT molecular complexity index is 540. The molecule has 1 atom stereocenters. The van der Waals surface area contributed by atoms with Crippen molar-refractivity contribution < 1.29 is 0 Å².